The fourth-order valence-corrected chi connectivity index (χ4v) is 2.43. The van der Waals surface area contributed by atoms with Crippen LogP contribution in [0.15, 0.2) is 84.9 Å². The summed E-state index contributed by atoms with van der Waals surface area (Å²) >= 11 is 0. The molecule has 0 aromatic heterocycles. The first-order valence-electron chi connectivity index (χ1n) is 7.66. The maximum absolute atomic E-state index is 12.2. The molecule has 0 aliphatic carbocycles. The zero-order chi connectivity index (χ0) is 16.1. The Morgan fingerprint density at radius 3 is 1.87 bits per heavy atom. The molecule has 0 radical (unpaired) electrons. The normalized spacial score (nSPS) is 11.7. The van der Waals surface area contributed by atoms with E-state index < -0.39 is 0 Å². The lowest BCUT2D eigenvalue weighted by Crippen LogP contribution is -2.16. The molecule has 2 heteroatoms. The van der Waals surface area contributed by atoms with E-state index in [-0.39, 0.29) is 11.9 Å². The van der Waals surface area contributed by atoms with Crippen molar-refractivity contribution in [2.24, 2.45) is 0 Å². The highest BCUT2D eigenvalue weighted by molar-refractivity contribution is 5.80. The Balaban J connectivity index is 1.70. The maximum atomic E-state index is 12.2. The van der Waals surface area contributed by atoms with Gasteiger partial charge in [-0.1, -0.05) is 72.8 Å². The first-order chi connectivity index (χ1) is 11.2. The number of carbonyl (C=O) groups excluding carboxylic acids is 1. The average molecular weight is 302 g/mol. The molecule has 0 N–H and O–H groups in total. The van der Waals surface area contributed by atoms with Gasteiger partial charge in [-0.3, -0.25) is 4.79 Å². The van der Waals surface area contributed by atoms with Crippen molar-refractivity contribution in [2.75, 3.05) is 0 Å². The highest BCUT2D eigenvalue weighted by Crippen LogP contribution is 2.24. The van der Waals surface area contributed by atoms with Crippen LogP contribution in [-0.2, 0) is 4.79 Å². The number of esters is 1. The summed E-state index contributed by atoms with van der Waals surface area (Å²) < 4.78 is 5.48. The van der Waals surface area contributed by atoms with Gasteiger partial charge in [0.2, 0.25) is 0 Å². The van der Waals surface area contributed by atoms with Gasteiger partial charge in [-0.15, -0.1) is 0 Å². The predicted molar refractivity (Wildman–Crippen MR) is 92.4 cm³/mol. The zero-order valence-electron chi connectivity index (χ0n) is 13.0. The summed E-state index contributed by atoms with van der Waals surface area (Å²) in [5.41, 5.74) is 3.20. The molecule has 0 fully saturated rings. The van der Waals surface area contributed by atoms with Crippen molar-refractivity contribution < 1.29 is 9.53 Å². The monoisotopic (exact) mass is 302 g/mol. The van der Waals surface area contributed by atoms with Gasteiger partial charge in [0.15, 0.2) is 0 Å². The van der Waals surface area contributed by atoms with E-state index in [0.717, 1.165) is 16.7 Å². The molecule has 0 aliphatic rings. The third kappa shape index (κ3) is 3.67. The van der Waals surface area contributed by atoms with Gasteiger partial charge in [-0.25, -0.2) is 0 Å². The van der Waals surface area contributed by atoms with E-state index in [1.54, 1.807) is 0 Å². The summed E-state index contributed by atoms with van der Waals surface area (Å²) in [6.45, 7) is 1.86. The van der Waals surface area contributed by atoms with Crippen molar-refractivity contribution >= 4 is 5.97 Å². The third-order valence-electron chi connectivity index (χ3n) is 3.83. The summed E-state index contributed by atoms with van der Waals surface area (Å²) in [6.07, 6.45) is 0. The number of rotatable bonds is 4. The van der Waals surface area contributed by atoms with Gasteiger partial charge < -0.3 is 4.74 Å². The summed E-state index contributed by atoms with van der Waals surface area (Å²) in [7, 11) is 0. The summed E-state index contributed by atoms with van der Waals surface area (Å²) in [6, 6.07) is 27.4. The molecule has 0 saturated carbocycles. The first-order valence-corrected chi connectivity index (χ1v) is 7.66. The number of hydrogen-bond acceptors (Lipinski definition) is 2. The number of carbonyl (C=O) groups is 1. The van der Waals surface area contributed by atoms with Gasteiger partial charge in [0.25, 0.3) is 0 Å². The third-order valence-corrected chi connectivity index (χ3v) is 3.83. The SMILES string of the molecule is CC(C(=O)Oc1ccc(-c2ccccc2)cc1)c1ccccc1. The molecule has 3 aromatic carbocycles. The van der Waals surface area contributed by atoms with Crippen LogP contribution in [0.5, 0.6) is 5.75 Å². The van der Waals surface area contributed by atoms with Crippen molar-refractivity contribution in [3.05, 3.63) is 90.5 Å². The molecule has 0 spiro atoms. The van der Waals surface area contributed by atoms with Crippen LogP contribution in [0.1, 0.15) is 18.4 Å². The van der Waals surface area contributed by atoms with Crippen LogP contribution >= 0.6 is 0 Å². The smallest absolute Gasteiger partial charge is 0.318 e. The lowest BCUT2D eigenvalue weighted by molar-refractivity contribution is -0.135. The molecule has 3 rings (SSSR count). The molecular weight excluding hydrogens is 284 g/mol. The van der Waals surface area contributed by atoms with E-state index in [0.29, 0.717) is 5.75 Å². The second-order valence-electron chi connectivity index (χ2n) is 5.44. The van der Waals surface area contributed by atoms with Crippen LogP contribution in [0.2, 0.25) is 0 Å². The molecule has 3 aromatic rings. The Morgan fingerprint density at radius 1 is 0.739 bits per heavy atom. The molecule has 0 heterocycles. The zero-order valence-corrected chi connectivity index (χ0v) is 13.0. The molecule has 0 saturated heterocycles. The Hall–Kier alpha value is -2.87. The molecule has 1 unspecified atom stereocenters. The lowest BCUT2D eigenvalue weighted by Gasteiger charge is -2.12. The number of hydrogen-bond donors (Lipinski definition) is 0. The minimum Gasteiger partial charge on any atom is -0.426 e. The fourth-order valence-electron chi connectivity index (χ4n) is 2.43. The molecule has 23 heavy (non-hydrogen) atoms. The fraction of sp³-hybridized carbons (Fsp3) is 0.0952. The van der Waals surface area contributed by atoms with E-state index >= 15 is 0 Å². The Bertz CT molecular complexity index is 762. The number of ether oxygens (including phenoxy) is 1. The van der Waals surface area contributed by atoms with Gasteiger partial charge in [0, 0.05) is 0 Å². The second kappa shape index (κ2) is 6.93. The average Bonchev–Trinajstić information content (AvgIpc) is 2.63. The van der Waals surface area contributed by atoms with E-state index in [2.05, 4.69) is 12.1 Å². The lowest BCUT2D eigenvalue weighted by atomic mass is 10.0. The van der Waals surface area contributed by atoms with Crippen molar-refractivity contribution in [3.63, 3.8) is 0 Å². The first kappa shape index (κ1) is 15.0. The molecule has 0 amide bonds. The van der Waals surface area contributed by atoms with E-state index in [1.165, 1.54) is 0 Å². The van der Waals surface area contributed by atoms with Gasteiger partial charge in [-0.05, 0) is 35.7 Å². The summed E-state index contributed by atoms with van der Waals surface area (Å²) in [4.78, 5) is 12.2. The van der Waals surface area contributed by atoms with Crippen molar-refractivity contribution in [3.8, 4) is 16.9 Å². The van der Waals surface area contributed by atoms with Crippen molar-refractivity contribution in [1.82, 2.24) is 0 Å². The molecule has 0 bridgehead atoms. The highest BCUT2D eigenvalue weighted by Gasteiger charge is 2.17. The van der Waals surface area contributed by atoms with Crippen molar-refractivity contribution in [2.45, 2.75) is 12.8 Å². The topological polar surface area (TPSA) is 26.3 Å². The van der Waals surface area contributed by atoms with E-state index in [1.807, 2.05) is 79.7 Å². The Morgan fingerprint density at radius 2 is 1.26 bits per heavy atom. The largest absolute Gasteiger partial charge is 0.426 e. The maximum Gasteiger partial charge on any atom is 0.318 e. The quantitative estimate of drug-likeness (QED) is 0.497. The van der Waals surface area contributed by atoms with Crippen LogP contribution in [0, 0.1) is 0 Å². The Labute approximate surface area is 136 Å². The van der Waals surface area contributed by atoms with Crippen LogP contribution < -0.4 is 4.74 Å². The highest BCUT2D eigenvalue weighted by atomic mass is 16.5. The van der Waals surface area contributed by atoms with Crippen LogP contribution in [-0.4, -0.2) is 5.97 Å². The predicted octanol–water partition coefficient (Wildman–Crippen LogP) is 5.06. The van der Waals surface area contributed by atoms with Crippen LogP contribution in [0.3, 0.4) is 0 Å². The van der Waals surface area contributed by atoms with Gasteiger partial charge in [0.05, 0.1) is 5.92 Å². The summed E-state index contributed by atoms with van der Waals surface area (Å²) in [5, 5.41) is 0. The van der Waals surface area contributed by atoms with Gasteiger partial charge >= 0.3 is 5.97 Å². The standard InChI is InChI=1S/C21H18O2/c1-16(17-8-4-2-5-9-17)21(22)23-20-14-12-19(13-15-20)18-10-6-3-7-11-18/h2-16H,1H3. The molecule has 1 atom stereocenters. The van der Waals surface area contributed by atoms with E-state index in [9.17, 15) is 4.79 Å². The van der Waals surface area contributed by atoms with E-state index in [4.69, 9.17) is 4.74 Å². The number of benzene rings is 3. The summed E-state index contributed by atoms with van der Waals surface area (Å²) in [5.74, 6) is 0.0334. The molecule has 2 nitrogen and oxygen atoms in total. The van der Waals surface area contributed by atoms with Gasteiger partial charge in [-0.2, -0.15) is 0 Å². The van der Waals surface area contributed by atoms with Crippen LogP contribution in [0.25, 0.3) is 11.1 Å². The van der Waals surface area contributed by atoms with Gasteiger partial charge in [0.1, 0.15) is 5.75 Å². The molecule has 114 valence electrons. The molecular formula is C21H18O2. The minimum absolute atomic E-state index is 0.247. The molecule has 0 aliphatic heterocycles. The van der Waals surface area contributed by atoms with Crippen molar-refractivity contribution in [1.29, 1.82) is 0 Å². The minimum atomic E-state index is -0.287. The Kier molecular flexibility index (Phi) is 4.53. The second-order valence-corrected chi connectivity index (χ2v) is 5.44. The van der Waals surface area contributed by atoms with Crippen LogP contribution in [0.4, 0.5) is 0 Å².